The van der Waals surface area contributed by atoms with Crippen LogP contribution in [0.1, 0.15) is 30.5 Å². The molecule has 4 rings (SSSR count). The molecule has 2 aromatic carbocycles. The van der Waals surface area contributed by atoms with Gasteiger partial charge in [-0.2, -0.15) is 0 Å². The largest absolute Gasteiger partial charge is 0.491 e. The van der Waals surface area contributed by atoms with Crippen molar-refractivity contribution in [3.05, 3.63) is 83.4 Å². The highest BCUT2D eigenvalue weighted by Crippen LogP contribution is 2.26. The third-order valence-electron chi connectivity index (χ3n) is 5.18. The SMILES string of the molecule is CC(C)Oc1ccc(CN2Cc3ccc(F)cc3CN(c3ccn(C)c3)C2)cc1. The first kappa shape index (κ1) is 19.5. The van der Waals surface area contributed by atoms with E-state index in [1.807, 2.05) is 49.9 Å². The normalized spacial score (nSPS) is 14.7. The van der Waals surface area contributed by atoms with Crippen LogP contribution in [-0.2, 0) is 26.7 Å². The second kappa shape index (κ2) is 8.29. The Kier molecular flexibility index (Phi) is 5.58. The van der Waals surface area contributed by atoms with Gasteiger partial charge >= 0.3 is 0 Å². The summed E-state index contributed by atoms with van der Waals surface area (Å²) in [6, 6.07) is 15.6. The minimum Gasteiger partial charge on any atom is -0.491 e. The molecule has 152 valence electrons. The van der Waals surface area contributed by atoms with Crippen molar-refractivity contribution >= 4 is 5.69 Å². The van der Waals surface area contributed by atoms with E-state index in [2.05, 4.69) is 34.2 Å². The first-order valence-electron chi connectivity index (χ1n) is 10.1. The first-order chi connectivity index (χ1) is 14.0. The fraction of sp³-hybridized carbons (Fsp3) is 0.333. The lowest BCUT2D eigenvalue weighted by Crippen LogP contribution is -2.34. The van der Waals surface area contributed by atoms with Gasteiger partial charge in [0, 0.05) is 39.1 Å². The fourth-order valence-corrected chi connectivity index (χ4v) is 3.84. The maximum Gasteiger partial charge on any atom is 0.123 e. The van der Waals surface area contributed by atoms with Crippen molar-refractivity contribution in [1.82, 2.24) is 9.47 Å². The zero-order chi connectivity index (χ0) is 20.4. The van der Waals surface area contributed by atoms with Gasteiger partial charge in [-0.3, -0.25) is 4.90 Å². The average Bonchev–Trinajstić information content (AvgIpc) is 3.02. The third kappa shape index (κ3) is 4.80. The molecule has 5 heteroatoms. The summed E-state index contributed by atoms with van der Waals surface area (Å²) in [4.78, 5) is 4.70. The maximum absolute atomic E-state index is 13.9. The number of ether oxygens (including phenoxy) is 1. The smallest absolute Gasteiger partial charge is 0.123 e. The average molecular weight is 394 g/mol. The molecule has 1 aliphatic rings. The molecule has 0 spiro atoms. The zero-order valence-corrected chi connectivity index (χ0v) is 17.3. The Bertz CT molecular complexity index is 965. The molecule has 0 N–H and O–H groups in total. The van der Waals surface area contributed by atoms with E-state index in [4.69, 9.17) is 4.74 Å². The van der Waals surface area contributed by atoms with Crippen LogP contribution in [-0.4, -0.2) is 22.2 Å². The van der Waals surface area contributed by atoms with Crippen LogP contribution in [0.5, 0.6) is 5.75 Å². The quantitative estimate of drug-likeness (QED) is 0.613. The van der Waals surface area contributed by atoms with Gasteiger partial charge in [-0.25, -0.2) is 4.39 Å². The Morgan fingerprint density at radius 2 is 1.79 bits per heavy atom. The van der Waals surface area contributed by atoms with Gasteiger partial charge in [0.15, 0.2) is 0 Å². The molecule has 0 radical (unpaired) electrons. The molecule has 0 amide bonds. The van der Waals surface area contributed by atoms with E-state index in [0.717, 1.165) is 36.8 Å². The van der Waals surface area contributed by atoms with Crippen molar-refractivity contribution in [2.45, 2.75) is 39.6 Å². The number of fused-ring (bicyclic) bond motifs is 1. The number of aromatic nitrogens is 1. The molecule has 0 unspecified atom stereocenters. The summed E-state index contributed by atoms with van der Waals surface area (Å²) >= 11 is 0. The Hall–Kier alpha value is -2.79. The predicted octanol–water partition coefficient (Wildman–Crippen LogP) is 4.93. The number of rotatable bonds is 5. The summed E-state index contributed by atoms with van der Waals surface area (Å²) in [5.41, 5.74) is 4.62. The van der Waals surface area contributed by atoms with Crippen molar-refractivity contribution in [2.24, 2.45) is 7.05 Å². The summed E-state index contributed by atoms with van der Waals surface area (Å²) in [6.45, 7) is 7.16. The highest BCUT2D eigenvalue weighted by molar-refractivity contribution is 5.47. The molecule has 3 aromatic rings. The van der Waals surface area contributed by atoms with E-state index in [1.54, 1.807) is 12.1 Å². The van der Waals surface area contributed by atoms with Crippen molar-refractivity contribution in [3.63, 3.8) is 0 Å². The van der Waals surface area contributed by atoms with Gasteiger partial charge in [0.1, 0.15) is 11.6 Å². The maximum atomic E-state index is 13.9. The van der Waals surface area contributed by atoms with E-state index in [9.17, 15) is 4.39 Å². The zero-order valence-electron chi connectivity index (χ0n) is 17.3. The summed E-state index contributed by atoms with van der Waals surface area (Å²) in [6.07, 6.45) is 4.33. The van der Waals surface area contributed by atoms with Crippen LogP contribution in [0.25, 0.3) is 0 Å². The van der Waals surface area contributed by atoms with Crippen LogP contribution in [0, 0.1) is 5.82 Å². The number of nitrogens with zero attached hydrogens (tertiary/aromatic N) is 3. The molecule has 0 fully saturated rings. The molecule has 0 bridgehead atoms. The number of aryl methyl sites for hydroxylation is 1. The van der Waals surface area contributed by atoms with Crippen LogP contribution in [0.4, 0.5) is 10.1 Å². The topological polar surface area (TPSA) is 20.6 Å². The second-order valence-corrected chi connectivity index (χ2v) is 8.09. The molecule has 1 aromatic heterocycles. The van der Waals surface area contributed by atoms with E-state index in [1.165, 1.54) is 11.1 Å². The van der Waals surface area contributed by atoms with E-state index < -0.39 is 0 Å². The van der Waals surface area contributed by atoms with Gasteiger partial charge in [-0.05, 0) is 60.9 Å². The number of hydrogen-bond donors (Lipinski definition) is 0. The standard InChI is InChI=1S/C24H28FN3O/c1-18(2)29-24-8-4-19(5-9-24)13-27-14-20-6-7-22(25)12-21(20)15-28(17-27)23-10-11-26(3)16-23/h4-12,16,18H,13-15,17H2,1-3H3. The lowest BCUT2D eigenvalue weighted by molar-refractivity contribution is 0.241. The molecule has 0 aliphatic carbocycles. The Balaban J connectivity index is 1.57. The highest BCUT2D eigenvalue weighted by Gasteiger charge is 2.21. The van der Waals surface area contributed by atoms with Gasteiger partial charge in [0.2, 0.25) is 0 Å². The summed E-state index contributed by atoms with van der Waals surface area (Å²) in [5, 5.41) is 0. The lowest BCUT2D eigenvalue weighted by atomic mass is 10.1. The summed E-state index contributed by atoms with van der Waals surface area (Å²) < 4.78 is 21.7. The van der Waals surface area contributed by atoms with Gasteiger partial charge in [0.05, 0.1) is 18.5 Å². The molecule has 4 nitrogen and oxygen atoms in total. The number of halogens is 1. The van der Waals surface area contributed by atoms with Crippen molar-refractivity contribution in [3.8, 4) is 5.75 Å². The summed E-state index contributed by atoms with van der Waals surface area (Å²) in [7, 11) is 2.02. The van der Waals surface area contributed by atoms with Crippen LogP contribution in [0.15, 0.2) is 60.9 Å². The van der Waals surface area contributed by atoms with Gasteiger partial charge < -0.3 is 14.2 Å². The van der Waals surface area contributed by atoms with E-state index >= 15 is 0 Å². The van der Waals surface area contributed by atoms with Crippen molar-refractivity contribution in [1.29, 1.82) is 0 Å². The third-order valence-corrected chi connectivity index (χ3v) is 5.18. The Labute approximate surface area is 172 Å². The monoisotopic (exact) mass is 393 g/mol. The molecule has 0 saturated heterocycles. The van der Waals surface area contributed by atoms with Gasteiger partial charge in [-0.1, -0.05) is 18.2 Å². The minimum atomic E-state index is -0.175. The summed E-state index contributed by atoms with van der Waals surface area (Å²) in [5.74, 6) is 0.720. The molecule has 0 atom stereocenters. The molecule has 29 heavy (non-hydrogen) atoms. The first-order valence-corrected chi connectivity index (χ1v) is 10.1. The van der Waals surface area contributed by atoms with Crippen molar-refractivity contribution < 1.29 is 9.13 Å². The lowest BCUT2D eigenvalue weighted by Gasteiger charge is -2.28. The van der Waals surface area contributed by atoms with Crippen LogP contribution < -0.4 is 9.64 Å². The highest BCUT2D eigenvalue weighted by atomic mass is 19.1. The van der Waals surface area contributed by atoms with Crippen LogP contribution in [0.3, 0.4) is 0 Å². The minimum absolute atomic E-state index is 0.169. The van der Waals surface area contributed by atoms with Gasteiger partial charge in [-0.15, -0.1) is 0 Å². The second-order valence-electron chi connectivity index (χ2n) is 8.09. The van der Waals surface area contributed by atoms with Crippen LogP contribution >= 0.6 is 0 Å². The van der Waals surface area contributed by atoms with Gasteiger partial charge in [0.25, 0.3) is 0 Å². The number of benzene rings is 2. The Morgan fingerprint density at radius 3 is 2.48 bits per heavy atom. The van der Waals surface area contributed by atoms with Crippen LogP contribution in [0.2, 0.25) is 0 Å². The fourth-order valence-electron chi connectivity index (χ4n) is 3.84. The molecular weight excluding hydrogens is 365 g/mol. The predicted molar refractivity (Wildman–Crippen MR) is 114 cm³/mol. The molecule has 2 heterocycles. The molecule has 0 saturated carbocycles. The molecule has 1 aliphatic heterocycles. The molecular formula is C24H28FN3O. The number of hydrogen-bond acceptors (Lipinski definition) is 3. The van der Waals surface area contributed by atoms with Crippen molar-refractivity contribution in [2.75, 3.05) is 11.6 Å². The Morgan fingerprint density at radius 1 is 1.00 bits per heavy atom. The number of anilines is 1. The van der Waals surface area contributed by atoms with E-state index in [-0.39, 0.29) is 11.9 Å². The van der Waals surface area contributed by atoms with E-state index in [0.29, 0.717) is 6.54 Å².